The highest BCUT2D eigenvalue weighted by Crippen LogP contribution is 2.40. The third-order valence-electron chi connectivity index (χ3n) is 5.00. The SMILES string of the molecule is CCCCN=C/C=C(C)/C(F)=C\C=C(C)/C=C/C1=C(C)CCCC1(C)C. The summed E-state index contributed by atoms with van der Waals surface area (Å²) in [6.07, 6.45) is 17.0. The van der Waals surface area contributed by atoms with Crippen LogP contribution < -0.4 is 0 Å². The molecule has 0 saturated carbocycles. The van der Waals surface area contributed by atoms with Gasteiger partial charge < -0.3 is 0 Å². The molecule has 0 unspecified atom stereocenters. The van der Waals surface area contributed by atoms with Gasteiger partial charge in [0.2, 0.25) is 0 Å². The Morgan fingerprint density at radius 2 is 1.92 bits per heavy atom. The van der Waals surface area contributed by atoms with Crippen molar-refractivity contribution in [1.29, 1.82) is 0 Å². The van der Waals surface area contributed by atoms with Crippen LogP contribution in [0.25, 0.3) is 0 Å². The molecule has 0 saturated heterocycles. The van der Waals surface area contributed by atoms with Crippen molar-refractivity contribution in [3.05, 3.63) is 58.5 Å². The van der Waals surface area contributed by atoms with E-state index in [2.05, 4.69) is 44.8 Å². The van der Waals surface area contributed by atoms with Crippen molar-refractivity contribution in [1.82, 2.24) is 0 Å². The van der Waals surface area contributed by atoms with Crippen molar-refractivity contribution >= 4 is 6.21 Å². The number of allylic oxidation sites excluding steroid dienone is 10. The zero-order valence-electron chi connectivity index (χ0n) is 17.5. The van der Waals surface area contributed by atoms with Crippen molar-refractivity contribution in [2.24, 2.45) is 10.4 Å². The number of nitrogens with zero attached hydrogens (tertiary/aromatic N) is 1. The zero-order chi connectivity index (χ0) is 19.6. The van der Waals surface area contributed by atoms with Crippen LogP contribution in [-0.2, 0) is 0 Å². The number of unbranched alkanes of at least 4 members (excludes halogenated alkanes) is 1. The molecule has 1 rings (SSSR count). The van der Waals surface area contributed by atoms with Gasteiger partial charge in [0.25, 0.3) is 0 Å². The topological polar surface area (TPSA) is 12.4 Å². The van der Waals surface area contributed by atoms with Gasteiger partial charge in [0, 0.05) is 12.8 Å². The third kappa shape index (κ3) is 7.68. The highest BCUT2D eigenvalue weighted by atomic mass is 19.1. The van der Waals surface area contributed by atoms with E-state index in [1.807, 2.05) is 13.0 Å². The van der Waals surface area contributed by atoms with Gasteiger partial charge in [-0.1, -0.05) is 56.6 Å². The molecule has 0 aromatic rings. The van der Waals surface area contributed by atoms with E-state index in [4.69, 9.17) is 0 Å². The molecule has 0 amide bonds. The van der Waals surface area contributed by atoms with Gasteiger partial charge in [-0.05, 0) is 75.2 Å². The summed E-state index contributed by atoms with van der Waals surface area (Å²) in [7, 11) is 0. The van der Waals surface area contributed by atoms with Crippen molar-refractivity contribution in [3.8, 4) is 0 Å². The summed E-state index contributed by atoms with van der Waals surface area (Å²) in [4.78, 5) is 4.25. The maximum atomic E-state index is 14.2. The molecule has 26 heavy (non-hydrogen) atoms. The largest absolute Gasteiger partial charge is 0.293 e. The summed E-state index contributed by atoms with van der Waals surface area (Å²) in [6, 6.07) is 0. The molecule has 0 atom stereocenters. The summed E-state index contributed by atoms with van der Waals surface area (Å²) in [5.41, 5.74) is 4.79. The molecule has 0 aromatic carbocycles. The predicted molar refractivity (Wildman–Crippen MR) is 114 cm³/mol. The van der Waals surface area contributed by atoms with Gasteiger partial charge in [-0.2, -0.15) is 0 Å². The van der Waals surface area contributed by atoms with E-state index in [0.717, 1.165) is 25.0 Å². The van der Waals surface area contributed by atoms with Crippen molar-refractivity contribution in [2.75, 3.05) is 6.54 Å². The zero-order valence-corrected chi connectivity index (χ0v) is 17.5. The quantitative estimate of drug-likeness (QED) is 0.240. The van der Waals surface area contributed by atoms with Gasteiger partial charge in [-0.25, -0.2) is 4.39 Å². The molecule has 1 aliphatic carbocycles. The Kier molecular flexibility index (Phi) is 9.54. The summed E-state index contributed by atoms with van der Waals surface area (Å²) in [5.74, 6) is -0.215. The Balaban J connectivity index is 2.76. The molecule has 1 aliphatic rings. The minimum Gasteiger partial charge on any atom is -0.293 e. The van der Waals surface area contributed by atoms with E-state index in [9.17, 15) is 4.39 Å². The van der Waals surface area contributed by atoms with Crippen LogP contribution >= 0.6 is 0 Å². The third-order valence-corrected chi connectivity index (χ3v) is 5.00. The number of aliphatic imine (C=N–C) groups is 1. The van der Waals surface area contributed by atoms with Crippen LogP contribution in [0.4, 0.5) is 4.39 Å². The van der Waals surface area contributed by atoms with Gasteiger partial charge >= 0.3 is 0 Å². The smallest absolute Gasteiger partial charge is 0.126 e. The molecular formula is C24H36FN. The first-order valence-electron chi connectivity index (χ1n) is 9.87. The lowest BCUT2D eigenvalue weighted by atomic mass is 9.72. The van der Waals surface area contributed by atoms with Gasteiger partial charge in [0.15, 0.2) is 0 Å². The van der Waals surface area contributed by atoms with E-state index < -0.39 is 0 Å². The standard InChI is InChI=1S/C24H36FN/c1-7-8-17-26-18-15-21(4)23(25)14-12-19(2)11-13-22-20(3)10-9-16-24(22,5)6/h11-15,18H,7-10,16-17H2,1-6H3/b13-11+,19-12-,21-15+,23-14+,26-18?. The van der Waals surface area contributed by atoms with Gasteiger partial charge in [0.1, 0.15) is 5.83 Å². The van der Waals surface area contributed by atoms with Crippen LogP contribution in [0.15, 0.2) is 63.5 Å². The highest BCUT2D eigenvalue weighted by Gasteiger charge is 2.26. The molecule has 1 nitrogen and oxygen atoms in total. The van der Waals surface area contributed by atoms with Crippen LogP contribution in [0.2, 0.25) is 0 Å². The summed E-state index contributed by atoms with van der Waals surface area (Å²) in [6.45, 7) is 13.6. The second kappa shape index (κ2) is 11.1. The Bertz CT molecular complexity index is 639. The van der Waals surface area contributed by atoms with Crippen molar-refractivity contribution in [3.63, 3.8) is 0 Å². The maximum absolute atomic E-state index is 14.2. The van der Waals surface area contributed by atoms with E-state index in [1.54, 1.807) is 25.3 Å². The fourth-order valence-corrected chi connectivity index (χ4v) is 3.18. The first-order chi connectivity index (χ1) is 12.3. The summed E-state index contributed by atoms with van der Waals surface area (Å²) >= 11 is 0. The maximum Gasteiger partial charge on any atom is 0.126 e. The van der Waals surface area contributed by atoms with Crippen molar-refractivity contribution in [2.45, 2.75) is 73.6 Å². The monoisotopic (exact) mass is 357 g/mol. The fourth-order valence-electron chi connectivity index (χ4n) is 3.18. The van der Waals surface area contributed by atoms with Gasteiger partial charge in [-0.3, -0.25) is 4.99 Å². The second-order valence-corrected chi connectivity index (χ2v) is 7.95. The van der Waals surface area contributed by atoms with Gasteiger partial charge in [0.05, 0.1) is 0 Å². The molecule has 0 aliphatic heterocycles. The lowest BCUT2D eigenvalue weighted by Gasteiger charge is -2.32. The minimum absolute atomic E-state index is 0.215. The number of hydrogen-bond donors (Lipinski definition) is 0. The normalized spacial score (nSPS) is 19.9. The molecule has 0 heterocycles. The van der Waals surface area contributed by atoms with Gasteiger partial charge in [-0.15, -0.1) is 0 Å². The van der Waals surface area contributed by atoms with Crippen LogP contribution in [0, 0.1) is 5.41 Å². The van der Waals surface area contributed by atoms with Crippen LogP contribution in [0.1, 0.15) is 73.6 Å². The summed E-state index contributed by atoms with van der Waals surface area (Å²) < 4.78 is 14.2. The molecule has 144 valence electrons. The Hall–Kier alpha value is -1.70. The summed E-state index contributed by atoms with van der Waals surface area (Å²) in [5, 5.41) is 0. The first-order valence-corrected chi connectivity index (χ1v) is 9.87. The Morgan fingerprint density at radius 3 is 2.58 bits per heavy atom. The molecule has 0 fully saturated rings. The number of halogens is 1. The van der Waals surface area contributed by atoms with E-state index >= 15 is 0 Å². The van der Waals surface area contributed by atoms with Crippen molar-refractivity contribution < 1.29 is 4.39 Å². The molecule has 2 heteroatoms. The Morgan fingerprint density at radius 1 is 1.19 bits per heavy atom. The molecule has 0 bridgehead atoms. The number of rotatable bonds is 8. The lowest BCUT2D eigenvalue weighted by molar-refractivity contribution is 0.377. The van der Waals surface area contributed by atoms with E-state index in [-0.39, 0.29) is 11.2 Å². The average Bonchev–Trinajstić information content (AvgIpc) is 2.58. The predicted octanol–water partition coefficient (Wildman–Crippen LogP) is 7.69. The fraction of sp³-hybridized carbons (Fsp3) is 0.542. The minimum atomic E-state index is -0.215. The molecule has 0 spiro atoms. The lowest BCUT2D eigenvalue weighted by Crippen LogP contribution is -2.19. The van der Waals surface area contributed by atoms with Crippen LogP contribution in [-0.4, -0.2) is 12.8 Å². The molecule has 0 N–H and O–H groups in total. The molecule has 0 radical (unpaired) electrons. The van der Waals surface area contributed by atoms with E-state index in [1.165, 1.54) is 30.4 Å². The molecule has 0 aromatic heterocycles. The van der Waals surface area contributed by atoms with Crippen LogP contribution in [0.3, 0.4) is 0 Å². The molecular weight excluding hydrogens is 321 g/mol. The first kappa shape index (κ1) is 22.3. The van der Waals surface area contributed by atoms with Crippen LogP contribution in [0.5, 0.6) is 0 Å². The highest BCUT2D eigenvalue weighted by molar-refractivity contribution is 5.73. The Labute approximate surface area is 160 Å². The average molecular weight is 358 g/mol. The second-order valence-electron chi connectivity index (χ2n) is 7.95. The number of hydrogen-bond acceptors (Lipinski definition) is 1. The van der Waals surface area contributed by atoms with E-state index in [0.29, 0.717) is 5.57 Å².